The summed E-state index contributed by atoms with van der Waals surface area (Å²) in [5.41, 5.74) is 5.76. The third-order valence-corrected chi connectivity index (χ3v) is 6.35. The summed E-state index contributed by atoms with van der Waals surface area (Å²) in [4.78, 5) is 14.5. The molecular weight excluding hydrogens is 348 g/mol. The number of nitriles is 1. The SMILES string of the molecule is Cc1cc(C)c(C)c(SCC(=O)Nc2ccccc2SCC#N)c1C. The van der Waals surface area contributed by atoms with Crippen LogP contribution in [0.5, 0.6) is 0 Å². The first kappa shape index (κ1) is 19.4. The van der Waals surface area contributed by atoms with Gasteiger partial charge in [0.2, 0.25) is 5.91 Å². The van der Waals surface area contributed by atoms with Crippen LogP contribution in [0, 0.1) is 39.0 Å². The van der Waals surface area contributed by atoms with Gasteiger partial charge in [-0.05, 0) is 62.1 Å². The maximum atomic E-state index is 12.4. The molecule has 1 N–H and O–H groups in total. The smallest absolute Gasteiger partial charge is 0.234 e. The quantitative estimate of drug-likeness (QED) is 0.704. The second-order valence-electron chi connectivity index (χ2n) is 5.87. The van der Waals surface area contributed by atoms with Gasteiger partial charge in [0, 0.05) is 9.79 Å². The number of benzene rings is 2. The Morgan fingerprint density at radius 1 is 1.08 bits per heavy atom. The Balaban J connectivity index is 2.07. The average Bonchev–Trinajstić information content (AvgIpc) is 2.59. The molecule has 0 saturated heterocycles. The first-order valence-corrected chi connectivity index (χ1v) is 10.00. The fourth-order valence-electron chi connectivity index (χ4n) is 2.53. The van der Waals surface area contributed by atoms with Gasteiger partial charge in [-0.1, -0.05) is 18.2 Å². The zero-order chi connectivity index (χ0) is 18.4. The van der Waals surface area contributed by atoms with Crippen molar-refractivity contribution in [3.05, 3.63) is 52.6 Å². The summed E-state index contributed by atoms with van der Waals surface area (Å²) < 4.78 is 0. The summed E-state index contributed by atoms with van der Waals surface area (Å²) in [7, 11) is 0. The lowest BCUT2D eigenvalue weighted by atomic mass is 10.0. The summed E-state index contributed by atoms with van der Waals surface area (Å²) >= 11 is 3.01. The Morgan fingerprint density at radius 2 is 1.72 bits per heavy atom. The standard InChI is InChI=1S/C20H22N2OS2/c1-13-11-14(2)16(4)20(15(13)3)25-12-19(23)22-17-7-5-6-8-18(17)24-10-9-21/h5-8,11H,10,12H2,1-4H3,(H,22,23). The molecule has 0 aliphatic heterocycles. The van der Waals surface area contributed by atoms with Gasteiger partial charge in [-0.3, -0.25) is 4.79 Å². The highest BCUT2D eigenvalue weighted by Gasteiger charge is 2.12. The number of aryl methyl sites for hydroxylation is 2. The van der Waals surface area contributed by atoms with Crippen LogP contribution in [0.2, 0.25) is 0 Å². The molecule has 1 amide bonds. The van der Waals surface area contributed by atoms with Gasteiger partial charge in [-0.2, -0.15) is 5.26 Å². The first-order chi connectivity index (χ1) is 11.9. The summed E-state index contributed by atoms with van der Waals surface area (Å²) in [5, 5.41) is 11.7. The maximum absolute atomic E-state index is 12.4. The van der Waals surface area contributed by atoms with Crippen LogP contribution in [0.25, 0.3) is 0 Å². The molecule has 0 aliphatic carbocycles. The number of nitrogens with one attached hydrogen (secondary N) is 1. The van der Waals surface area contributed by atoms with Crippen molar-refractivity contribution < 1.29 is 4.79 Å². The van der Waals surface area contributed by atoms with Crippen molar-refractivity contribution in [1.82, 2.24) is 0 Å². The van der Waals surface area contributed by atoms with E-state index in [0.29, 0.717) is 11.5 Å². The van der Waals surface area contributed by atoms with Crippen molar-refractivity contribution in [3.63, 3.8) is 0 Å². The van der Waals surface area contributed by atoms with E-state index in [0.717, 1.165) is 10.6 Å². The lowest BCUT2D eigenvalue weighted by Gasteiger charge is -2.15. The van der Waals surface area contributed by atoms with Crippen LogP contribution in [0.1, 0.15) is 22.3 Å². The Bertz CT molecular complexity index is 799. The van der Waals surface area contributed by atoms with Crippen LogP contribution >= 0.6 is 23.5 Å². The molecule has 25 heavy (non-hydrogen) atoms. The van der Waals surface area contributed by atoms with Crippen LogP contribution in [-0.2, 0) is 4.79 Å². The molecule has 0 bridgehead atoms. The van der Waals surface area contributed by atoms with Crippen LogP contribution < -0.4 is 5.32 Å². The van der Waals surface area contributed by atoms with Crippen molar-refractivity contribution in [3.8, 4) is 6.07 Å². The zero-order valence-electron chi connectivity index (χ0n) is 15.0. The lowest BCUT2D eigenvalue weighted by molar-refractivity contribution is -0.113. The number of hydrogen-bond acceptors (Lipinski definition) is 4. The molecule has 0 radical (unpaired) electrons. The fourth-order valence-corrected chi connectivity index (χ4v) is 4.30. The Kier molecular flexibility index (Phi) is 6.98. The number of amides is 1. The number of rotatable bonds is 6. The van der Waals surface area contributed by atoms with E-state index in [4.69, 9.17) is 5.26 Å². The molecule has 0 aliphatic rings. The minimum atomic E-state index is -0.0343. The molecule has 2 rings (SSSR count). The number of anilines is 1. The third kappa shape index (κ3) is 5.04. The van der Waals surface area contributed by atoms with Gasteiger partial charge in [0.15, 0.2) is 0 Å². The number of carbonyl (C=O) groups is 1. The summed E-state index contributed by atoms with van der Waals surface area (Å²) in [6.45, 7) is 8.43. The van der Waals surface area contributed by atoms with Gasteiger partial charge < -0.3 is 5.32 Å². The normalized spacial score (nSPS) is 10.4. The minimum absolute atomic E-state index is 0.0343. The van der Waals surface area contributed by atoms with Crippen molar-refractivity contribution >= 4 is 35.1 Å². The van der Waals surface area contributed by atoms with E-state index in [1.54, 1.807) is 11.8 Å². The average molecular weight is 371 g/mol. The highest BCUT2D eigenvalue weighted by molar-refractivity contribution is 8.00. The van der Waals surface area contributed by atoms with E-state index < -0.39 is 0 Å². The van der Waals surface area contributed by atoms with Crippen molar-refractivity contribution in [2.75, 3.05) is 16.8 Å². The molecule has 0 unspecified atom stereocenters. The van der Waals surface area contributed by atoms with Gasteiger partial charge in [0.25, 0.3) is 0 Å². The van der Waals surface area contributed by atoms with E-state index in [-0.39, 0.29) is 5.91 Å². The fraction of sp³-hybridized carbons (Fsp3) is 0.300. The van der Waals surface area contributed by atoms with Gasteiger partial charge in [0.1, 0.15) is 0 Å². The maximum Gasteiger partial charge on any atom is 0.234 e. The summed E-state index contributed by atoms with van der Waals surface area (Å²) in [5.74, 6) is 0.692. The van der Waals surface area contributed by atoms with Crippen molar-refractivity contribution in [2.45, 2.75) is 37.5 Å². The number of thioether (sulfide) groups is 2. The number of carbonyl (C=O) groups excluding carboxylic acids is 1. The van der Waals surface area contributed by atoms with Gasteiger partial charge in [0.05, 0.1) is 23.3 Å². The van der Waals surface area contributed by atoms with Crippen LogP contribution in [0.3, 0.4) is 0 Å². The summed E-state index contributed by atoms with van der Waals surface area (Å²) in [6.07, 6.45) is 0. The van der Waals surface area contributed by atoms with Gasteiger partial charge in [-0.25, -0.2) is 0 Å². The van der Waals surface area contributed by atoms with Gasteiger partial charge >= 0.3 is 0 Å². The second-order valence-corrected chi connectivity index (χ2v) is 7.87. The van der Waals surface area contributed by atoms with Crippen LogP contribution in [-0.4, -0.2) is 17.4 Å². The molecule has 0 spiro atoms. The Morgan fingerprint density at radius 3 is 2.36 bits per heavy atom. The zero-order valence-corrected chi connectivity index (χ0v) is 16.6. The topological polar surface area (TPSA) is 52.9 Å². The van der Waals surface area contributed by atoms with E-state index in [1.807, 2.05) is 24.3 Å². The monoisotopic (exact) mass is 370 g/mol. The van der Waals surface area contributed by atoms with E-state index in [9.17, 15) is 4.79 Å². The molecular formula is C20H22N2OS2. The number of nitrogens with zero attached hydrogens (tertiary/aromatic N) is 1. The highest BCUT2D eigenvalue weighted by atomic mass is 32.2. The largest absolute Gasteiger partial charge is 0.324 e. The molecule has 130 valence electrons. The molecule has 0 fully saturated rings. The minimum Gasteiger partial charge on any atom is -0.324 e. The molecule has 0 saturated carbocycles. The Hall–Kier alpha value is -1.90. The second kappa shape index (κ2) is 8.98. The van der Waals surface area contributed by atoms with E-state index in [1.165, 1.54) is 38.9 Å². The van der Waals surface area contributed by atoms with Crippen LogP contribution in [0.15, 0.2) is 40.1 Å². The van der Waals surface area contributed by atoms with Crippen LogP contribution in [0.4, 0.5) is 5.69 Å². The van der Waals surface area contributed by atoms with Gasteiger partial charge in [-0.15, -0.1) is 23.5 Å². The number of hydrogen-bond donors (Lipinski definition) is 1. The molecule has 5 heteroatoms. The van der Waals surface area contributed by atoms with E-state index in [2.05, 4.69) is 45.1 Å². The predicted octanol–water partition coefficient (Wildman–Crippen LogP) is 5.27. The highest BCUT2D eigenvalue weighted by Crippen LogP contribution is 2.31. The number of para-hydroxylation sites is 1. The van der Waals surface area contributed by atoms with Crippen molar-refractivity contribution in [1.29, 1.82) is 5.26 Å². The molecule has 0 heterocycles. The Labute approximate surface area is 158 Å². The van der Waals surface area contributed by atoms with E-state index >= 15 is 0 Å². The lowest BCUT2D eigenvalue weighted by Crippen LogP contribution is -2.15. The molecule has 3 nitrogen and oxygen atoms in total. The third-order valence-electron chi connectivity index (χ3n) is 4.10. The van der Waals surface area contributed by atoms with Crippen molar-refractivity contribution in [2.24, 2.45) is 0 Å². The summed E-state index contributed by atoms with van der Waals surface area (Å²) in [6, 6.07) is 11.9. The first-order valence-electron chi connectivity index (χ1n) is 8.03. The molecule has 0 aromatic heterocycles. The predicted molar refractivity (Wildman–Crippen MR) is 108 cm³/mol. The molecule has 2 aromatic carbocycles. The molecule has 2 aromatic rings. The molecule has 0 atom stereocenters.